The van der Waals surface area contributed by atoms with E-state index >= 15 is 0 Å². The number of nitrogens with one attached hydrogen (secondary N) is 3. The van der Waals surface area contributed by atoms with E-state index in [2.05, 4.69) is 65.5 Å². The van der Waals surface area contributed by atoms with Gasteiger partial charge in [-0.05, 0) is 99.9 Å². The SMILES string of the molecule is CCCS(=O)(=O)c1nc(-c2ccccc2)cn2c(-c3ccc(C(=O)NC4CC4)cc3)cnc12.CCCS(=O)c1nc(-c2ccccc2)cn2c(-c3ccc(C(=O)NC4CC4)cc3)cnc12.CCCSc1nc(-c2ccccc2)cn2c(-c3ccc(C(=O)NC4CC4)cc3)cnc12. The number of aromatic nitrogens is 9. The van der Waals surface area contributed by atoms with Gasteiger partial charge >= 0.3 is 0 Å². The Hall–Kier alpha value is -9.96. The Labute approximate surface area is 563 Å². The second-order valence-electron chi connectivity index (χ2n) is 24.1. The van der Waals surface area contributed by atoms with E-state index in [-0.39, 0.29) is 28.5 Å². The summed E-state index contributed by atoms with van der Waals surface area (Å²) in [6.07, 6.45) is 19.8. The summed E-state index contributed by atoms with van der Waals surface area (Å²) < 4.78 is 44.9. The standard InChI is InChI=1S/C25H24N4O3S.C25H24N4O2S.C25H24N4OS/c1-2-14-33(31,32)25-23-26-15-22(29(23)16-21(28-25)17-6-4-3-5-7-17)18-8-10-19(11-9-18)24(30)27-20-12-13-20;1-2-14-32(31)25-23-26-15-22(29(23)16-21(28-25)17-6-4-3-5-7-17)18-8-10-19(11-9-18)24(30)27-20-12-13-20;1-2-14-31-25-23-26-15-22(29(23)16-21(28-25)17-6-4-3-5-7-17)18-8-10-19(11-9-18)24(30)27-20-12-13-20/h3-11,15-16,20H,2,12-14H2,1H3,(H,27,30);3-11,15-16,20H,2,12-14H2,1H3,(H,27,30);3-11,15-16,20H,2,12-14H2,1H3,(H,27,30). The minimum Gasteiger partial charge on any atom is -0.349 e. The van der Waals surface area contributed by atoms with Crippen molar-refractivity contribution in [1.29, 1.82) is 0 Å². The number of nitrogens with zero attached hydrogens (tertiary/aromatic N) is 9. The highest BCUT2D eigenvalue weighted by Crippen LogP contribution is 2.34. The molecule has 96 heavy (non-hydrogen) atoms. The van der Waals surface area contributed by atoms with Crippen LogP contribution in [-0.4, -0.2) is 109 Å². The van der Waals surface area contributed by atoms with E-state index in [9.17, 15) is 27.0 Å². The zero-order chi connectivity index (χ0) is 66.3. The van der Waals surface area contributed by atoms with Crippen molar-refractivity contribution < 1.29 is 27.0 Å². The van der Waals surface area contributed by atoms with Crippen molar-refractivity contribution >= 4 is 67.1 Å². The molecule has 6 aromatic heterocycles. The molecule has 0 radical (unpaired) electrons. The van der Waals surface area contributed by atoms with Crippen molar-refractivity contribution in [3.8, 4) is 67.5 Å². The third-order valence-corrected chi connectivity index (χ3v) is 20.9. The number of sulfone groups is 1. The molecule has 3 amide bonds. The monoisotopic (exact) mass is 1330 g/mol. The number of fused-ring (bicyclic) bond motifs is 3. The lowest BCUT2D eigenvalue weighted by Crippen LogP contribution is -2.25. The Bertz CT molecular complexity index is 4920. The van der Waals surface area contributed by atoms with Crippen LogP contribution in [0.3, 0.4) is 0 Å². The molecule has 3 aliphatic carbocycles. The quantitative estimate of drug-likeness (QED) is 0.0569. The zero-order valence-electron chi connectivity index (χ0n) is 53.5. The molecule has 3 aliphatic rings. The van der Waals surface area contributed by atoms with Crippen LogP contribution in [0.1, 0.15) is 110 Å². The third-order valence-electron chi connectivity index (χ3n) is 16.5. The summed E-state index contributed by atoms with van der Waals surface area (Å²) >= 11 is 1.74. The first kappa shape index (κ1) is 64.7. The summed E-state index contributed by atoms with van der Waals surface area (Å²) in [5.74, 6) is 1.42. The number of amides is 3. The summed E-state index contributed by atoms with van der Waals surface area (Å²) in [5.41, 5.74) is 14.1. The van der Waals surface area contributed by atoms with Gasteiger partial charge in [-0.15, -0.1) is 11.8 Å². The molecular weight excluding hydrogens is 1260 g/mol. The van der Waals surface area contributed by atoms with Gasteiger partial charge in [-0.2, -0.15) is 0 Å². The van der Waals surface area contributed by atoms with Crippen molar-refractivity contribution in [3.63, 3.8) is 0 Å². The lowest BCUT2D eigenvalue weighted by Gasteiger charge is -2.10. The highest BCUT2D eigenvalue weighted by Gasteiger charge is 2.28. The van der Waals surface area contributed by atoms with E-state index in [1.807, 2.05) is 176 Å². The fourth-order valence-electron chi connectivity index (χ4n) is 10.9. The minimum atomic E-state index is -3.61. The maximum absolute atomic E-state index is 13.0. The van der Waals surface area contributed by atoms with Gasteiger partial charge in [0.1, 0.15) is 5.03 Å². The lowest BCUT2D eigenvalue weighted by atomic mass is 10.1. The first-order chi connectivity index (χ1) is 46.8. The Kier molecular flexibility index (Phi) is 19.5. The number of carbonyl (C=O) groups is 3. The molecule has 0 aliphatic heterocycles. The Morgan fingerprint density at radius 1 is 0.458 bits per heavy atom. The predicted octanol–water partition coefficient (Wildman–Crippen LogP) is 14.1. The molecule has 1 atom stereocenters. The number of hydrogen-bond donors (Lipinski definition) is 3. The molecule has 0 spiro atoms. The maximum Gasteiger partial charge on any atom is 0.251 e. The van der Waals surface area contributed by atoms with Gasteiger partial charge in [0.15, 0.2) is 36.8 Å². The molecule has 12 aromatic rings. The summed E-state index contributed by atoms with van der Waals surface area (Å²) in [7, 11) is -4.85. The molecule has 3 saturated carbocycles. The second-order valence-corrected chi connectivity index (χ2v) is 28.7. The fourth-order valence-corrected chi connectivity index (χ4v) is 14.3. The van der Waals surface area contributed by atoms with Crippen LogP contribution < -0.4 is 16.0 Å². The maximum atomic E-state index is 13.0. The highest BCUT2D eigenvalue weighted by atomic mass is 32.2. The Morgan fingerprint density at radius 2 is 0.833 bits per heavy atom. The highest BCUT2D eigenvalue weighted by molar-refractivity contribution is 7.99. The first-order valence-electron chi connectivity index (χ1n) is 32.6. The molecule has 21 heteroatoms. The van der Waals surface area contributed by atoms with Gasteiger partial charge in [-0.1, -0.05) is 148 Å². The number of thioether (sulfide) groups is 1. The van der Waals surface area contributed by atoms with Crippen molar-refractivity contribution in [3.05, 3.63) is 218 Å². The van der Waals surface area contributed by atoms with E-state index in [0.29, 0.717) is 69.0 Å². The molecule has 6 heterocycles. The molecule has 15 rings (SSSR count). The smallest absolute Gasteiger partial charge is 0.251 e. The van der Waals surface area contributed by atoms with Gasteiger partial charge in [0.05, 0.1) is 69.3 Å². The number of hydrogen-bond acceptors (Lipinski definition) is 13. The van der Waals surface area contributed by atoms with E-state index in [1.165, 1.54) is 0 Å². The van der Waals surface area contributed by atoms with E-state index in [4.69, 9.17) is 9.97 Å². The third kappa shape index (κ3) is 14.9. The summed E-state index contributed by atoms with van der Waals surface area (Å²) in [6.45, 7) is 6.00. The lowest BCUT2D eigenvalue weighted by molar-refractivity contribution is 0.0942. The van der Waals surface area contributed by atoms with E-state index < -0.39 is 20.6 Å². The Balaban J connectivity index is 0.000000130. The number of imidazole rings is 3. The largest absolute Gasteiger partial charge is 0.349 e. The molecule has 0 bridgehead atoms. The van der Waals surface area contributed by atoms with Crippen LogP contribution in [0.25, 0.3) is 84.5 Å². The zero-order valence-corrected chi connectivity index (χ0v) is 55.9. The summed E-state index contributed by atoms with van der Waals surface area (Å²) in [5, 5.41) is 10.5. The van der Waals surface area contributed by atoms with Gasteiger partial charge < -0.3 is 16.0 Å². The van der Waals surface area contributed by atoms with Gasteiger partial charge in [-0.25, -0.2) is 38.3 Å². The number of rotatable bonds is 21. The van der Waals surface area contributed by atoms with Crippen LogP contribution >= 0.6 is 11.8 Å². The van der Waals surface area contributed by atoms with Gasteiger partial charge in [-0.3, -0.25) is 31.8 Å². The predicted molar refractivity (Wildman–Crippen MR) is 378 cm³/mol. The van der Waals surface area contributed by atoms with Crippen molar-refractivity contribution in [2.45, 2.75) is 112 Å². The van der Waals surface area contributed by atoms with Crippen LogP contribution in [0.2, 0.25) is 0 Å². The fraction of sp³-hybridized carbons (Fsp3) is 0.240. The molecular formula is C75H72N12O6S3. The van der Waals surface area contributed by atoms with Crippen LogP contribution in [0, 0.1) is 0 Å². The topological polar surface area (TPSA) is 229 Å². The first-order valence-corrected chi connectivity index (χ1v) is 36.6. The van der Waals surface area contributed by atoms with Crippen molar-refractivity contribution in [2.75, 3.05) is 17.3 Å². The Morgan fingerprint density at radius 3 is 1.23 bits per heavy atom. The normalized spacial score (nSPS) is 13.9. The molecule has 1 unspecified atom stereocenters. The number of carbonyl (C=O) groups excluding carboxylic acids is 3. The number of benzene rings is 6. The van der Waals surface area contributed by atoms with Gasteiger partial charge in [0.2, 0.25) is 0 Å². The van der Waals surface area contributed by atoms with Gasteiger partial charge in [0, 0.05) is 92.5 Å². The van der Waals surface area contributed by atoms with Crippen molar-refractivity contribution in [1.82, 2.24) is 59.1 Å². The second kappa shape index (κ2) is 28.9. The molecule has 18 nitrogen and oxygen atoms in total. The molecule has 6 aromatic carbocycles. The van der Waals surface area contributed by atoms with Crippen molar-refractivity contribution in [2.24, 2.45) is 0 Å². The minimum absolute atomic E-state index is 0.000892. The van der Waals surface area contributed by atoms with Crippen LogP contribution in [0.15, 0.2) is 216 Å². The molecule has 3 N–H and O–H groups in total. The molecule has 3 fully saturated rings. The average Bonchev–Trinajstić information content (AvgIpc) is 1.56. The average molecular weight is 1330 g/mol. The summed E-state index contributed by atoms with van der Waals surface area (Å²) in [4.78, 5) is 64.8. The van der Waals surface area contributed by atoms with E-state index in [1.54, 1.807) is 40.7 Å². The molecule has 486 valence electrons. The van der Waals surface area contributed by atoms with Crippen LogP contribution in [-0.2, 0) is 20.6 Å². The summed E-state index contributed by atoms with van der Waals surface area (Å²) in [6, 6.07) is 53.1. The molecule has 0 saturated heterocycles. The van der Waals surface area contributed by atoms with Gasteiger partial charge in [0.25, 0.3) is 17.7 Å². The van der Waals surface area contributed by atoms with E-state index in [0.717, 1.165) is 130 Å². The van der Waals surface area contributed by atoms with Crippen LogP contribution in [0.5, 0.6) is 0 Å². The van der Waals surface area contributed by atoms with Crippen LogP contribution in [0.4, 0.5) is 0 Å².